The van der Waals surface area contributed by atoms with Crippen LogP contribution in [-0.2, 0) is 11.3 Å². The number of methoxy groups -OCH3 is 1. The molecule has 0 spiro atoms. The quantitative estimate of drug-likeness (QED) is 0.742. The van der Waals surface area contributed by atoms with E-state index in [4.69, 9.17) is 4.74 Å². The zero-order chi connectivity index (χ0) is 16.2. The van der Waals surface area contributed by atoms with Crippen LogP contribution >= 0.6 is 11.3 Å². The second kappa shape index (κ2) is 7.01. The number of thiophene rings is 1. The summed E-state index contributed by atoms with van der Waals surface area (Å²) in [6.45, 7) is 2.72. The molecule has 1 aliphatic rings. The molecule has 4 heteroatoms. The number of benzene rings is 1. The van der Waals surface area contributed by atoms with Crippen LogP contribution in [0.2, 0.25) is 0 Å². The van der Waals surface area contributed by atoms with Crippen LogP contribution in [0, 0.1) is 6.92 Å². The van der Waals surface area contributed by atoms with E-state index in [0.717, 1.165) is 29.0 Å². The molecule has 1 aromatic carbocycles. The number of hydrogen-bond acceptors (Lipinski definition) is 3. The lowest BCUT2D eigenvalue weighted by Gasteiger charge is -2.21. The molecule has 3 nitrogen and oxygen atoms in total. The first-order chi connectivity index (χ1) is 11.2. The van der Waals surface area contributed by atoms with Gasteiger partial charge in [-0.1, -0.05) is 12.1 Å². The highest BCUT2D eigenvalue weighted by atomic mass is 32.1. The van der Waals surface area contributed by atoms with Crippen molar-refractivity contribution in [2.75, 3.05) is 7.11 Å². The predicted molar refractivity (Wildman–Crippen MR) is 94.7 cm³/mol. The van der Waals surface area contributed by atoms with Crippen LogP contribution in [0.1, 0.15) is 28.8 Å². The predicted octanol–water partition coefficient (Wildman–Crippen LogP) is 4.27. The molecule has 0 bridgehead atoms. The van der Waals surface area contributed by atoms with Gasteiger partial charge in [0.15, 0.2) is 0 Å². The highest BCUT2D eigenvalue weighted by Crippen LogP contribution is 2.29. The molecule has 0 radical (unpaired) electrons. The van der Waals surface area contributed by atoms with Crippen molar-refractivity contribution in [3.8, 4) is 5.75 Å². The molecule has 0 aliphatic heterocycles. The second-order valence-electron chi connectivity index (χ2n) is 5.85. The van der Waals surface area contributed by atoms with Crippen LogP contribution in [0.3, 0.4) is 0 Å². The summed E-state index contributed by atoms with van der Waals surface area (Å²) in [6.07, 6.45) is 5.86. The van der Waals surface area contributed by atoms with Crippen molar-refractivity contribution in [2.45, 2.75) is 32.4 Å². The Kier molecular flexibility index (Phi) is 4.82. The summed E-state index contributed by atoms with van der Waals surface area (Å²) in [5, 5.41) is 2.05. The number of carbonyl (C=O) groups is 1. The first kappa shape index (κ1) is 15.8. The van der Waals surface area contributed by atoms with Gasteiger partial charge < -0.3 is 9.64 Å². The van der Waals surface area contributed by atoms with Crippen molar-refractivity contribution < 1.29 is 9.53 Å². The molecule has 0 unspecified atom stereocenters. The van der Waals surface area contributed by atoms with Crippen molar-refractivity contribution in [2.24, 2.45) is 0 Å². The Morgan fingerprint density at radius 2 is 2.04 bits per heavy atom. The molecule has 1 aromatic heterocycles. The fourth-order valence-corrected chi connectivity index (χ4v) is 3.32. The van der Waals surface area contributed by atoms with Gasteiger partial charge in [-0.15, -0.1) is 11.3 Å². The molecule has 1 amide bonds. The van der Waals surface area contributed by atoms with E-state index in [1.165, 1.54) is 5.56 Å². The Balaban J connectivity index is 1.69. The summed E-state index contributed by atoms with van der Waals surface area (Å²) < 4.78 is 5.18. The molecule has 1 aliphatic carbocycles. The summed E-state index contributed by atoms with van der Waals surface area (Å²) >= 11 is 1.66. The standard InChI is InChI=1S/C19H21NO2S/c1-14-11-12-23-18(14)9-10-19(21)20(16-5-6-16)13-15-3-7-17(22-2)8-4-15/h3-4,7-12,16H,5-6,13H2,1-2H3/b10-9+. The number of ether oxygens (including phenoxy) is 1. The van der Waals surface area contributed by atoms with Crippen molar-refractivity contribution in [3.05, 3.63) is 57.8 Å². The van der Waals surface area contributed by atoms with E-state index in [-0.39, 0.29) is 5.91 Å². The molecule has 120 valence electrons. The fourth-order valence-electron chi connectivity index (χ4n) is 2.50. The van der Waals surface area contributed by atoms with E-state index < -0.39 is 0 Å². The molecule has 3 rings (SSSR count). The van der Waals surface area contributed by atoms with Gasteiger partial charge in [0, 0.05) is 23.5 Å². The van der Waals surface area contributed by atoms with Gasteiger partial charge in [-0.3, -0.25) is 4.79 Å². The van der Waals surface area contributed by atoms with Gasteiger partial charge in [-0.2, -0.15) is 0 Å². The molecule has 1 saturated carbocycles. The van der Waals surface area contributed by atoms with Crippen LogP contribution in [0.15, 0.2) is 41.8 Å². The Hall–Kier alpha value is -2.07. The summed E-state index contributed by atoms with van der Waals surface area (Å²) in [5.74, 6) is 0.933. The van der Waals surface area contributed by atoms with E-state index in [9.17, 15) is 4.79 Å². The largest absolute Gasteiger partial charge is 0.497 e. The van der Waals surface area contributed by atoms with Crippen LogP contribution < -0.4 is 4.74 Å². The van der Waals surface area contributed by atoms with Crippen LogP contribution in [0.5, 0.6) is 5.75 Å². The third-order valence-corrected chi connectivity index (χ3v) is 5.05. The minimum absolute atomic E-state index is 0.0936. The summed E-state index contributed by atoms with van der Waals surface area (Å²) in [4.78, 5) is 15.7. The molecule has 0 N–H and O–H groups in total. The molecular formula is C19H21NO2S. The number of nitrogens with zero attached hydrogens (tertiary/aromatic N) is 1. The Bertz CT molecular complexity index is 698. The van der Waals surface area contributed by atoms with Crippen LogP contribution in [-0.4, -0.2) is 24.0 Å². The number of carbonyl (C=O) groups excluding carboxylic acids is 1. The fraction of sp³-hybridized carbons (Fsp3) is 0.316. The van der Waals surface area contributed by atoms with Crippen LogP contribution in [0.25, 0.3) is 6.08 Å². The Labute approximate surface area is 141 Å². The smallest absolute Gasteiger partial charge is 0.247 e. The number of aryl methyl sites for hydroxylation is 1. The zero-order valence-corrected chi connectivity index (χ0v) is 14.3. The number of amides is 1. The van der Waals surface area contributed by atoms with Crippen molar-refractivity contribution in [1.82, 2.24) is 4.90 Å². The van der Waals surface area contributed by atoms with Crippen molar-refractivity contribution in [3.63, 3.8) is 0 Å². The van der Waals surface area contributed by atoms with Gasteiger partial charge in [0.2, 0.25) is 5.91 Å². The first-order valence-corrected chi connectivity index (χ1v) is 8.71. The topological polar surface area (TPSA) is 29.5 Å². The minimum Gasteiger partial charge on any atom is -0.497 e. The number of rotatable bonds is 6. The SMILES string of the molecule is COc1ccc(CN(C(=O)/C=C/c2sccc2C)C2CC2)cc1. The highest BCUT2D eigenvalue weighted by Gasteiger charge is 2.31. The molecule has 1 fully saturated rings. The highest BCUT2D eigenvalue weighted by molar-refractivity contribution is 7.11. The molecule has 2 aromatic rings. The Morgan fingerprint density at radius 3 is 2.61 bits per heavy atom. The second-order valence-corrected chi connectivity index (χ2v) is 6.79. The monoisotopic (exact) mass is 327 g/mol. The molecule has 0 saturated heterocycles. The molecule has 1 heterocycles. The normalized spacial score (nSPS) is 14.2. The van der Waals surface area contributed by atoms with E-state index in [1.54, 1.807) is 24.5 Å². The van der Waals surface area contributed by atoms with Gasteiger partial charge in [0.1, 0.15) is 5.75 Å². The maximum atomic E-state index is 12.6. The lowest BCUT2D eigenvalue weighted by atomic mass is 10.2. The van der Waals surface area contributed by atoms with Crippen molar-refractivity contribution >= 4 is 23.3 Å². The van der Waals surface area contributed by atoms with Gasteiger partial charge in [-0.25, -0.2) is 0 Å². The number of hydrogen-bond donors (Lipinski definition) is 0. The Morgan fingerprint density at radius 1 is 1.30 bits per heavy atom. The molecule has 0 atom stereocenters. The lowest BCUT2D eigenvalue weighted by Crippen LogP contribution is -2.31. The lowest BCUT2D eigenvalue weighted by molar-refractivity contribution is -0.127. The van der Waals surface area contributed by atoms with E-state index in [0.29, 0.717) is 12.6 Å². The zero-order valence-electron chi connectivity index (χ0n) is 13.5. The summed E-state index contributed by atoms with van der Waals surface area (Å²) in [6, 6.07) is 10.4. The third-order valence-electron chi connectivity index (χ3n) is 4.06. The van der Waals surface area contributed by atoms with Gasteiger partial charge in [0.05, 0.1) is 7.11 Å². The van der Waals surface area contributed by atoms with Gasteiger partial charge in [-0.05, 0) is 60.5 Å². The molecule has 23 heavy (non-hydrogen) atoms. The minimum atomic E-state index is 0.0936. The maximum Gasteiger partial charge on any atom is 0.247 e. The average molecular weight is 327 g/mol. The van der Waals surface area contributed by atoms with E-state index in [2.05, 4.69) is 18.4 Å². The van der Waals surface area contributed by atoms with E-state index in [1.807, 2.05) is 35.2 Å². The summed E-state index contributed by atoms with van der Waals surface area (Å²) in [5.41, 5.74) is 2.35. The maximum absolute atomic E-state index is 12.6. The van der Waals surface area contributed by atoms with Gasteiger partial charge in [0.25, 0.3) is 0 Å². The van der Waals surface area contributed by atoms with Crippen LogP contribution in [0.4, 0.5) is 0 Å². The van der Waals surface area contributed by atoms with E-state index >= 15 is 0 Å². The third kappa shape index (κ3) is 4.02. The van der Waals surface area contributed by atoms with Gasteiger partial charge >= 0.3 is 0 Å². The molecular weight excluding hydrogens is 306 g/mol. The average Bonchev–Trinajstić information content (AvgIpc) is 3.33. The van der Waals surface area contributed by atoms with Crippen molar-refractivity contribution in [1.29, 1.82) is 0 Å². The first-order valence-electron chi connectivity index (χ1n) is 7.83. The summed E-state index contributed by atoms with van der Waals surface area (Å²) in [7, 11) is 1.66.